The van der Waals surface area contributed by atoms with Crippen LogP contribution in [0.4, 0.5) is 5.69 Å². The van der Waals surface area contributed by atoms with Crippen molar-refractivity contribution in [3.63, 3.8) is 0 Å². The number of rotatable bonds is 10. The predicted molar refractivity (Wildman–Crippen MR) is 144 cm³/mol. The Labute approximate surface area is 215 Å². The van der Waals surface area contributed by atoms with Gasteiger partial charge in [0.15, 0.2) is 0 Å². The molecule has 0 unspecified atom stereocenters. The highest BCUT2D eigenvalue weighted by atomic mass is 32.2. The van der Waals surface area contributed by atoms with Gasteiger partial charge >= 0.3 is 0 Å². The second kappa shape index (κ2) is 12.4. The van der Waals surface area contributed by atoms with Gasteiger partial charge in [-0.25, -0.2) is 8.42 Å². The highest BCUT2D eigenvalue weighted by Gasteiger charge is 2.32. The van der Waals surface area contributed by atoms with Crippen molar-refractivity contribution in [2.75, 3.05) is 17.1 Å². The van der Waals surface area contributed by atoms with Crippen molar-refractivity contribution < 1.29 is 18.0 Å². The molecular weight excluding hydrogens is 474 g/mol. The number of aryl methyl sites for hydroxylation is 2. The molecule has 196 valence electrons. The van der Waals surface area contributed by atoms with Gasteiger partial charge in [-0.1, -0.05) is 73.7 Å². The van der Waals surface area contributed by atoms with Gasteiger partial charge in [-0.05, 0) is 50.8 Å². The molecule has 1 saturated carbocycles. The molecule has 1 atom stereocenters. The molecule has 2 aromatic carbocycles. The zero-order valence-corrected chi connectivity index (χ0v) is 22.7. The number of nitrogens with zero attached hydrogens (tertiary/aromatic N) is 2. The molecule has 0 spiro atoms. The van der Waals surface area contributed by atoms with Gasteiger partial charge in [-0.3, -0.25) is 13.9 Å². The fourth-order valence-electron chi connectivity index (χ4n) is 4.80. The van der Waals surface area contributed by atoms with Crippen molar-refractivity contribution in [1.29, 1.82) is 0 Å². The molecule has 0 bridgehead atoms. The lowest BCUT2D eigenvalue weighted by Crippen LogP contribution is -2.53. The summed E-state index contributed by atoms with van der Waals surface area (Å²) in [5.41, 5.74) is 3.36. The lowest BCUT2D eigenvalue weighted by molar-refractivity contribution is -0.140. The van der Waals surface area contributed by atoms with Crippen LogP contribution >= 0.6 is 0 Å². The lowest BCUT2D eigenvalue weighted by atomic mass is 9.95. The Morgan fingerprint density at radius 2 is 1.67 bits per heavy atom. The molecule has 7 nitrogen and oxygen atoms in total. The summed E-state index contributed by atoms with van der Waals surface area (Å²) in [5.74, 6) is -0.584. The molecule has 8 heteroatoms. The highest BCUT2D eigenvalue weighted by molar-refractivity contribution is 7.92. The van der Waals surface area contributed by atoms with Crippen LogP contribution in [0.2, 0.25) is 0 Å². The minimum Gasteiger partial charge on any atom is -0.352 e. The number of nitrogens with one attached hydrogen (secondary N) is 1. The molecule has 2 aromatic rings. The summed E-state index contributed by atoms with van der Waals surface area (Å²) >= 11 is 0. The van der Waals surface area contributed by atoms with Crippen LogP contribution in [0.1, 0.15) is 62.1 Å². The van der Waals surface area contributed by atoms with Crippen LogP contribution in [0, 0.1) is 13.8 Å². The molecule has 1 aliphatic rings. The number of carbonyl (C=O) groups is 2. The van der Waals surface area contributed by atoms with E-state index in [-0.39, 0.29) is 25.0 Å². The number of carbonyl (C=O) groups excluding carboxylic acids is 2. The van der Waals surface area contributed by atoms with E-state index in [2.05, 4.69) is 5.32 Å². The third-order valence-corrected chi connectivity index (χ3v) is 7.91. The molecule has 0 heterocycles. The van der Waals surface area contributed by atoms with Crippen molar-refractivity contribution in [2.24, 2.45) is 0 Å². The minimum absolute atomic E-state index is 0.122. The number of hydrogen-bond acceptors (Lipinski definition) is 4. The zero-order valence-electron chi connectivity index (χ0n) is 21.9. The van der Waals surface area contributed by atoms with Gasteiger partial charge in [0.1, 0.15) is 12.6 Å². The van der Waals surface area contributed by atoms with Crippen LogP contribution in [0.25, 0.3) is 0 Å². The van der Waals surface area contributed by atoms with Crippen LogP contribution in [-0.2, 0) is 26.2 Å². The third kappa shape index (κ3) is 7.56. The predicted octanol–water partition coefficient (Wildman–Crippen LogP) is 4.33. The highest BCUT2D eigenvalue weighted by Crippen LogP contribution is 2.22. The summed E-state index contributed by atoms with van der Waals surface area (Å²) in [5, 5.41) is 3.16. The van der Waals surface area contributed by atoms with Crippen LogP contribution in [-0.4, -0.2) is 50.0 Å². The summed E-state index contributed by atoms with van der Waals surface area (Å²) in [6.07, 6.45) is 6.78. The molecular formula is C28H39N3O4S. The number of hydrogen-bond donors (Lipinski definition) is 1. The fraction of sp³-hybridized carbons (Fsp3) is 0.500. The monoisotopic (exact) mass is 513 g/mol. The average molecular weight is 514 g/mol. The van der Waals surface area contributed by atoms with Crippen LogP contribution in [0.3, 0.4) is 0 Å². The van der Waals surface area contributed by atoms with Gasteiger partial charge in [-0.15, -0.1) is 0 Å². The molecule has 1 N–H and O–H groups in total. The van der Waals surface area contributed by atoms with Crippen LogP contribution < -0.4 is 9.62 Å². The Hall–Kier alpha value is -2.87. The average Bonchev–Trinajstić information content (AvgIpc) is 2.83. The van der Waals surface area contributed by atoms with E-state index in [9.17, 15) is 18.0 Å². The molecule has 0 radical (unpaired) electrons. The first-order valence-corrected chi connectivity index (χ1v) is 14.6. The van der Waals surface area contributed by atoms with Crippen molar-refractivity contribution in [3.05, 3.63) is 65.2 Å². The molecule has 0 aliphatic heterocycles. The Morgan fingerprint density at radius 1 is 1.00 bits per heavy atom. The topological polar surface area (TPSA) is 86.8 Å². The van der Waals surface area contributed by atoms with E-state index in [4.69, 9.17) is 0 Å². The molecule has 0 saturated heterocycles. The number of anilines is 1. The van der Waals surface area contributed by atoms with E-state index in [0.717, 1.165) is 52.9 Å². The number of amides is 2. The second-order valence-corrected chi connectivity index (χ2v) is 11.8. The lowest BCUT2D eigenvalue weighted by Gasteiger charge is -2.34. The Kier molecular flexibility index (Phi) is 9.54. The van der Waals surface area contributed by atoms with Crippen LogP contribution in [0.15, 0.2) is 48.5 Å². The molecule has 0 aromatic heterocycles. The van der Waals surface area contributed by atoms with Crippen molar-refractivity contribution in [1.82, 2.24) is 10.2 Å². The van der Waals surface area contributed by atoms with E-state index in [1.54, 1.807) is 17.0 Å². The standard InChI is InChI=1S/C28H39N3O4S/c1-5-26(28(33)29-24-12-7-6-8-13-24)30(19-23-11-9-10-22(3)18-23)27(32)20-31(36(4,34)35)25-16-14-21(2)15-17-25/h9-11,14-18,24,26H,5-8,12-13,19-20H2,1-4H3,(H,29,33)/t26-/m0/s1. The maximum Gasteiger partial charge on any atom is 0.244 e. The van der Waals surface area contributed by atoms with E-state index >= 15 is 0 Å². The molecule has 2 amide bonds. The SMILES string of the molecule is CC[C@@H](C(=O)NC1CCCCC1)N(Cc1cccc(C)c1)C(=O)CN(c1ccc(C)cc1)S(C)(=O)=O. The third-order valence-electron chi connectivity index (χ3n) is 6.77. The minimum atomic E-state index is -3.73. The van der Waals surface area contributed by atoms with Gasteiger partial charge in [0.05, 0.1) is 11.9 Å². The summed E-state index contributed by atoms with van der Waals surface area (Å²) in [6, 6.07) is 14.3. The van der Waals surface area contributed by atoms with E-state index in [0.29, 0.717) is 12.1 Å². The largest absolute Gasteiger partial charge is 0.352 e. The number of sulfonamides is 1. The Bertz CT molecular complexity index is 1140. The van der Waals surface area contributed by atoms with E-state index in [1.165, 1.54) is 6.42 Å². The molecule has 3 rings (SSSR count). The first kappa shape index (κ1) is 27.7. The van der Waals surface area contributed by atoms with Crippen LogP contribution in [0.5, 0.6) is 0 Å². The van der Waals surface area contributed by atoms with Crippen molar-refractivity contribution >= 4 is 27.5 Å². The summed E-state index contributed by atoms with van der Waals surface area (Å²) < 4.78 is 26.5. The summed E-state index contributed by atoms with van der Waals surface area (Å²) in [4.78, 5) is 28.7. The van der Waals surface area contributed by atoms with E-state index in [1.807, 2.05) is 57.2 Å². The quantitative estimate of drug-likeness (QED) is 0.512. The molecule has 1 aliphatic carbocycles. The van der Waals surface area contributed by atoms with Crippen molar-refractivity contribution in [3.8, 4) is 0 Å². The number of benzene rings is 2. The Balaban J connectivity index is 1.90. The van der Waals surface area contributed by atoms with Gasteiger partial charge in [0.25, 0.3) is 0 Å². The van der Waals surface area contributed by atoms with Crippen molar-refractivity contribution in [2.45, 2.75) is 77.9 Å². The van der Waals surface area contributed by atoms with Gasteiger partial charge in [0.2, 0.25) is 21.8 Å². The molecule has 36 heavy (non-hydrogen) atoms. The summed E-state index contributed by atoms with van der Waals surface area (Å²) in [6.45, 7) is 5.63. The molecule has 1 fully saturated rings. The first-order valence-electron chi connectivity index (χ1n) is 12.8. The fourth-order valence-corrected chi connectivity index (χ4v) is 5.65. The summed E-state index contributed by atoms with van der Waals surface area (Å²) in [7, 11) is -3.73. The van der Waals surface area contributed by atoms with Gasteiger partial charge < -0.3 is 10.2 Å². The maximum absolute atomic E-state index is 13.8. The van der Waals surface area contributed by atoms with Gasteiger partial charge in [-0.2, -0.15) is 0 Å². The second-order valence-electron chi connectivity index (χ2n) is 9.88. The normalized spacial score (nSPS) is 15.2. The smallest absolute Gasteiger partial charge is 0.244 e. The maximum atomic E-state index is 13.8. The first-order chi connectivity index (χ1) is 17.1. The van der Waals surface area contributed by atoms with Gasteiger partial charge in [0, 0.05) is 12.6 Å². The van der Waals surface area contributed by atoms with E-state index < -0.39 is 22.0 Å². The Morgan fingerprint density at radius 3 is 2.25 bits per heavy atom. The zero-order chi connectivity index (χ0) is 26.3.